The predicted molar refractivity (Wildman–Crippen MR) is 78.1 cm³/mol. The molecule has 2 atom stereocenters. The minimum atomic E-state index is -1.12. The van der Waals surface area contributed by atoms with E-state index in [0.29, 0.717) is 0 Å². The lowest BCUT2D eigenvalue weighted by molar-refractivity contribution is -0.132. The van der Waals surface area contributed by atoms with Gasteiger partial charge in [-0.05, 0) is 25.4 Å². The number of rotatable bonds is 1. The maximum Gasteiger partial charge on any atom is 0.264 e. The number of nitrogens with zero attached hydrogens (tertiary/aromatic N) is 2. The molecule has 1 fully saturated rings. The average Bonchev–Trinajstić information content (AvgIpc) is 2.55. The minimum Gasteiger partial charge on any atom is -0.398 e. The van der Waals surface area contributed by atoms with Crippen LogP contribution in [0.25, 0.3) is 10.9 Å². The zero-order valence-electron chi connectivity index (χ0n) is 15.0. The lowest BCUT2D eigenvalue weighted by Gasteiger charge is -2.24. The predicted octanol–water partition coefficient (Wildman–Crippen LogP) is 1.15. The third-order valence-corrected chi connectivity index (χ3v) is 3.50. The van der Waals surface area contributed by atoms with Crippen molar-refractivity contribution < 1.29 is 15.1 Å². The molecule has 6 heteroatoms. The Morgan fingerprint density at radius 2 is 2.33 bits per heavy atom. The SMILES string of the molecule is [2H]Cc1nc2c([2H])c([2H])cc(N)c2c(=O)n1C1CC([2H])C(=O)CC1=O. The maximum atomic E-state index is 12.9. The number of anilines is 1. The Labute approximate surface area is 126 Å². The Hall–Kier alpha value is -2.50. The van der Waals surface area contributed by atoms with Crippen LogP contribution >= 0.6 is 0 Å². The molecule has 0 bridgehead atoms. The molecule has 0 amide bonds. The summed E-state index contributed by atoms with van der Waals surface area (Å²) in [5, 5.41) is -0.0931. The number of nitrogen functional groups attached to an aromatic ring is 1. The van der Waals surface area contributed by atoms with Gasteiger partial charge in [-0.1, -0.05) is 6.04 Å². The van der Waals surface area contributed by atoms with Crippen LogP contribution in [-0.4, -0.2) is 21.1 Å². The topological polar surface area (TPSA) is 95.0 Å². The normalized spacial score (nSPS) is 25.3. The van der Waals surface area contributed by atoms with Gasteiger partial charge in [-0.3, -0.25) is 19.0 Å². The monoisotopic (exact) mass is 289 g/mol. The first kappa shape index (κ1) is 9.44. The molecule has 1 saturated carbocycles. The molecule has 3 rings (SSSR count). The first-order valence-corrected chi connectivity index (χ1v) is 6.34. The minimum absolute atomic E-state index is 0.0412. The van der Waals surface area contributed by atoms with E-state index in [1.807, 2.05) is 0 Å². The first-order chi connectivity index (χ1) is 11.8. The Kier molecular flexibility index (Phi) is 2.16. The van der Waals surface area contributed by atoms with Crippen LogP contribution in [0, 0.1) is 6.90 Å². The Morgan fingerprint density at radius 3 is 3.10 bits per heavy atom. The standard InChI is InChI=1S/C15H15N3O3/c1-8-17-11-4-2-3-10(16)14(11)15(21)18(8)12-6-5-9(19)7-13(12)20/h2-4,12H,5-7,16H2,1H3/i1D,2D,4D,5D. The number of carbonyl (C=O) groups is 2. The van der Waals surface area contributed by atoms with Crippen molar-refractivity contribution in [1.82, 2.24) is 9.55 Å². The number of nitrogens with two attached hydrogens (primary N) is 1. The van der Waals surface area contributed by atoms with Gasteiger partial charge in [0.25, 0.3) is 5.56 Å². The van der Waals surface area contributed by atoms with E-state index in [4.69, 9.17) is 11.2 Å². The van der Waals surface area contributed by atoms with Crippen LogP contribution in [-0.2, 0) is 9.59 Å². The van der Waals surface area contributed by atoms with Gasteiger partial charge in [0.1, 0.15) is 11.6 Å². The fourth-order valence-corrected chi connectivity index (χ4v) is 2.49. The molecule has 0 radical (unpaired) electrons. The summed E-state index contributed by atoms with van der Waals surface area (Å²) in [6.45, 7) is -0.437. The van der Waals surface area contributed by atoms with E-state index >= 15 is 0 Å². The van der Waals surface area contributed by atoms with Gasteiger partial charge in [0.05, 0.1) is 26.1 Å². The van der Waals surface area contributed by atoms with Crippen LogP contribution in [0.4, 0.5) is 5.69 Å². The van der Waals surface area contributed by atoms with Gasteiger partial charge in [0.15, 0.2) is 5.78 Å². The molecule has 1 aliphatic rings. The molecular weight excluding hydrogens is 270 g/mol. The molecule has 0 spiro atoms. The molecule has 108 valence electrons. The molecule has 2 unspecified atom stereocenters. The second-order valence-corrected chi connectivity index (χ2v) is 4.86. The van der Waals surface area contributed by atoms with Gasteiger partial charge in [0.2, 0.25) is 0 Å². The van der Waals surface area contributed by atoms with E-state index in [9.17, 15) is 14.4 Å². The number of hydrogen-bond donors (Lipinski definition) is 1. The second-order valence-electron chi connectivity index (χ2n) is 4.86. The zero-order chi connectivity index (χ0) is 18.5. The van der Waals surface area contributed by atoms with Crippen LogP contribution in [0.15, 0.2) is 22.9 Å². The lowest BCUT2D eigenvalue weighted by Crippen LogP contribution is -2.36. The molecule has 1 aromatic heterocycles. The quantitative estimate of drug-likeness (QED) is 0.627. The fraction of sp³-hybridized carbons (Fsp3) is 0.333. The molecule has 21 heavy (non-hydrogen) atoms. The summed E-state index contributed by atoms with van der Waals surface area (Å²) >= 11 is 0. The van der Waals surface area contributed by atoms with Crippen molar-refractivity contribution in [3.05, 3.63) is 34.3 Å². The van der Waals surface area contributed by atoms with Gasteiger partial charge in [-0.2, -0.15) is 0 Å². The summed E-state index contributed by atoms with van der Waals surface area (Å²) in [7, 11) is 0. The van der Waals surface area contributed by atoms with E-state index in [1.54, 1.807) is 0 Å². The zero-order valence-corrected chi connectivity index (χ0v) is 11.0. The van der Waals surface area contributed by atoms with E-state index in [-0.39, 0.29) is 40.9 Å². The van der Waals surface area contributed by atoms with Gasteiger partial charge in [-0.15, -0.1) is 0 Å². The fourth-order valence-electron chi connectivity index (χ4n) is 2.49. The third kappa shape index (κ3) is 2.12. The van der Waals surface area contributed by atoms with E-state index in [0.717, 1.165) is 10.6 Å². The Bertz CT molecular complexity index is 973. The van der Waals surface area contributed by atoms with Crippen molar-refractivity contribution in [2.75, 3.05) is 5.73 Å². The van der Waals surface area contributed by atoms with Crippen molar-refractivity contribution in [1.29, 1.82) is 0 Å². The number of aromatic nitrogens is 2. The van der Waals surface area contributed by atoms with E-state index in [1.165, 1.54) is 0 Å². The van der Waals surface area contributed by atoms with E-state index in [2.05, 4.69) is 4.98 Å². The molecule has 2 aromatic rings. The van der Waals surface area contributed by atoms with E-state index < -0.39 is 42.9 Å². The Morgan fingerprint density at radius 1 is 1.52 bits per heavy atom. The summed E-state index contributed by atoms with van der Waals surface area (Å²) in [6, 6.07) is -0.380. The highest BCUT2D eigenvalue weighted by molar-refractivity contribution is 6.03. The number of benzene rings is 1. The number of Topliss-reactive ketones (excluding diaryl/α,β-unsaturated/α-hetero) is 2. The van der Waals surface area contributed by atoms with Crippen molar-refractivity contribution >= 4 is 28.2 Å². The van der Waals surface area contributed by atoms with Gasteiger partial charge >= 0.3 is 0 Å². The number of ketones is 2. The summed E-state index contributed by atoms with van der Waals surface area (Å²) in [5.74, 6) is -1.06. The molecule has 1 heterocycles. The van der Waals surface area contributed by atoms with Crippen LogP contribution < -0.4 is 11.3 Å². The van der Waals surface area contributed by atoms with Gasteiger partial charge in [0, 0.05) is 14.8 Å². The highest BCUT2D eigenvalue weighted by Crippen LogP contribution is 2.24. The molecule has 0 aliphatic heterocycles. The van der Waals surface area contributed by atoms with Crippen LogP contribution in [0.3, 0.4) is 0 Å². The molecule has 0 saturated heterocycles. The molecule has 1 aliphatic carbocycles. The third-order valence-electron chi connectivity index (χ3n) is 3.50. The van der Waals surface area contributed by atoms with Gasteiger partial charge in [-0.25, -0.2) is 4.98 Å². The average molecular weight is 289 g/mol. The molecule has 1 aromatic carbocycles. The van der Waals surface area contributed by atoms with Gasteiger partial charge < -0.3 is 5.73 Å². The van der Waals surface area contributed by atoms with Crippen LogP contribution in [0.1, 0.15) is 36.6 Å². The Balaban J connectivity index is 2.32. The first-order valence-electron chi connectivity index (χ1n) is 8.62. The molecule has 6 nitrogen and oxygen atoms in total. The maximum absolute atomic E-state index is 12.9. The lowest BCUT2D eigenvalue weighted by atomic mass is 9.92. The number of carbonyl (C=O) groups excluding carboxylic acids is 2. The molecule has 2 N–H and O–H groups in total. The number of hydrogen-bond acceptors (Lipinski definition) is 5. The smallest absolute Gasteiger partial charge is 0.264 e. The van der Waals surface area contributed by atoms with Crippen molar-refractivity contribution in [3.8, 4) is 0 Å². The van der Waals surface area contributed by atoms with Crippen LogP contribution in [0.5, 0.6) is 0 Å². The summed E-state index contributed by atoms with van der Waals surface area (Å²) in [5.41, 5.74) is 5.00. The second kappa shape index (κ2) is 4.80. The summed E-state index contributed by atoms with van der Waals surface area (Å²) in [4.78, 5) is 40.9. The highest BCUT2D eigenvalue weighted by atomic mass is 16.2. The largest absolute Gasteiger partial charge is 0.398 e. The molecular formula is C15H15N3O3. The van der Waals surface area contributed by atoms with Crippen molar-refractivity contribution in [3.63, 3.8) is 0 Å². The van der Waals surface area contributed by atoms with Crippen LogP contribution in [0.2, 0.25) is 0 Å². The van der Waals surface area contributed by atoms with Crippen molar-refractivity contribution in [2.45, 2.75) is 32.2 Å². The highest BCUT2D eigenvalue weighted by Gasteiger charge is 2.30. The number of aryl methyl sites for hydroxylation is 1. The summed E-state index contributed by atoms with van der Waals surface area (Å²) < 4.78 is 32.0. The number of fused-ring (bicyclic) bond motifs is 1. The summed E-state index contributed by atoms with van der Waals surface area (Å²) in [6.07, 6.45) is -1.73. The van der Waals surface area contributed by atoms with Crippen molar-refractivity contribution in [2.24, 2.45) is 0 Å².